The molecule has 4 nitrogen and oxygen atoms in total. The Morgan fingerprint density at radius 2 is 1.82 bits per heavy atom. The molecule has 2 aliphatic rings. The Morgan fingerprint density at radius 3 is 2.24 bits per heavy atom. The minimum Gasteiger partial charge on any atom is -0.370 e. The molecule has 0 aromatic heterocycles. The lowest BCUT2D eigenvalue weighted by atomic mass is 9.68. The lowest BCUT2D eigenvalue weighted by Gasteiger charge is -2.37. The van der Waals surface area contributed by atoms with Gasteiger partial charge >= 0.3 is 0 Å². The molecule has 1 saturated carbocycles. The van der Waals surface area contributed by atoms with Crippen molar-refractivity contribution in [2.45, 2.75) is 52.5 Å². The van der Waals surface area contributed by atoms with E-state index in [0.29, 0.717) is 11.3 Å². The van der Waals surface area contributed by atoms with Crippen molar-refractivity contribution in [2.75, 3.05) is 0 Å². The highest BCUT2D eigenvalue weighted by molar-refractivity contribution is 6.04. The number of aliphatic imine (C=N–C) groups is 1. The lowest BCUT2D eigenvalue weighted by molar-refractivity contribution is -0.121. The monoisotopic (exact) mass is 237 g/mol. The van der Waals surface area contributed by atoms with Gasteiger partial charge in [0.1, 0.15) is 6.04 Å². The molecule has 4 heteroatoms. The van der Waals surface area contributed by atoms with Gasteiger partial charge in [0.05, 0.1) is 0 Å². The van der Waals surface area contributed by atoms with E-state index < -0.39 is 0 Å². The fourth-order valence-corrected chi connectivity index (χ4v) is 3.06. The average Bonchev–Trinajstić information content (AvgIpc) is 2.57. The quantitative estimate of drug-likeness (QED) is 0.728. The highest BCUT2D eigenvalue weighted by Crippen LogP contribution is 2.41. The van der Waals surface area contributed by atoms with Crippen molar-refractivity contribution in [2.24, 2.45) is 28.0 Å². The SMILES string of the molecule is CC(C)(C)C1CCC(C2N=C(N)NC2=O)CC1. The Bertz CT molecular complexity index is 335. The molecule has 1 aliphatic carbocycles. The molecule has 17 heavy (non-hydrogen) atoms. The van der Waals surface area contributed by atoms with Crippen molar-refractivity contribution in [1.82, 2.24) is 5.32 Å². The second-order valence-electron chi connectivity index (χ2n) is 6.43. The summed E-state index contributed by atoms with van der Waals surface area (Å²) < 4.78 is 0. The number of nitrogens with two attached hydrogens (primary N) is 1. The van der Waals surface area contributed by atoms with E-state index in [1.165, 1.54) is 12.8 Å². The zero-order valence-corrected chi connectivity index (χ0v) is 11.0. The highest BCUT2D eigenvalue weighted by atomic mass is 16.2. The molecule has 1 atom stereocenters. The van der Waals surface area contributed by atoms with Gasteiger partial charge in [0.25, 0.3) is 5.91 Å². The zero-order chi connectivity index (χ0) is 12.6. The van der Waals surface area contributed by atoms with E-state index in [0.717, 1.165) is 18.8 Å². The molecule has 1 aliphatic heterocycles. The molecule has 0 aromatic carbocycles. The number of carbonyl (C=O) groups is 1. The Kier molecular flexibility index (Phi) is 3.15. The maximum absolute atomic E-state index is 11.7. The van der Waals surface area contributed by atoms with Gasteiger partial charge in [-0.1, -0.05) is 20.8 Å². The molecule has 1 heterocycles. The Balaban J connectivity index is 1.94. The summed E-state index contributed by atoms with van der Waals surface area (Å²) >= 11 is 0. The summed E-state index contributed by atoms with van der Waals surface area (Å²) in [7, 11) is 0. The van der Waals surface area contributed by atoms with Gasteiger partial charge in [-0.05, 0) is 42.9 Å². The van der Waals surface area contributed by atoms with Crippen LogP contribution in [-0.4, -0.2) is 17.9 Å². The van der Waals surface area contributed by atoms with Gasteiger partial charge in [0.2, 0.25) is 0 Å². The van der Waals surface area contributed by atoms with Gasteiger partial charge in [0.15, 0.2) is 5.96 Å². The van der Waals surface area contributed by atoms with Crippen LogP contribution < -0.4 is 11.1 Å². The number of rotatable bonds is 1. The van der Waals surface area contributed by atoms with Crippen LogP contribution in [0.15, 0.2) is 4.99 Å². The van der Waals surface area contributed by atoms with Crippen LogP contribution in [0.25, 0.3) is 0 Å². The van der Waals surface area contributed by atoms with E-state index in [4.69, 9.17) is 5.73 Å². The van der Waals surface area contributed by atoms with Crippen LogP contribution in [0.5, 0.6) is 0 Å². The van der Waals surface area contributed by atoms with Gasteiger partial charge in [-0.15, -0.1) is 0 Å². The summed E-state index contributed by atoms with van der Waals surface area (Å²) in [5.74, 6) is 1.43. The largest absolute Gasteiger partial charge is 0.370 e. The van der Waals surface area contributed by atoms with E-state index >= 15 is 0 Å². The van der Waals surface area contributed by atoms with Crippen LogP contribution in [0.4, 0.5) is 0 Å². The van der Waals surface area contributed by atoms with Crippen LogP contribution in [0.2, 0.25) is 0 Å². The number of nitrogens with one attached hydrogen (secondary N) is 1. The second kappa shape index (κ2) is 4.31. The van der Waals surface area contributed by atoms with Crippen molar-refractivity contribution in [3.63, 3.8) is 0 Å². The fraction of sp³-hybridized carbons (Fsp3) is 0.846. The Morgan fingerprint density at radius 1 is 1.24 bits per heavy atom. The van der Waals surface area contributed by atoms with E-state index in [9.17, 15) is 4.79 Å². The molecule has 0 bridgehead atoms. The normalized spacial score (nSPS) is 34.4. The first-order chi connectivity index (χ1) is 7.88. The minimum absolute atomic E-state index is 0.0123. The predicted molar refractivity (Wildman–Crippen MR) is 68.5 cm³/mol. The highest BCUT2D eigenvalue weighted by Gasteiger charge is 2.37. The van der Waals surface area contributed by atoms with Crippen LogP contribution in [0, 0.1) is 17.3 Å². The molecule has 96 valence electrons. The molecule has 0 radical (unpaired) electrons. The number of nitrogens with zero attached hydrogens (tertiary/aromatic N) is 1. The van der Waals surface area contributed by atoms with E-state index in [1.807, 2.05) is 0 Å². The van der Waals surface area contributed by atoms with Crippen molar-refractivity contribution >= 4 is 11.9 Å². The first-order valence-electron chi connectivity index (χ1n) is 6.52. The van der Waals surface area contributed by atoms with Crippen LogP contribution >= 0.6 is 0 Å². The first-order valence-corrected chi connectivity index (χ1v) is 6.52. The third-order valence-corrected chi connectivity index (χ3v) is 4.24. The summed E-state index contributed by atoms with van der Waals surface area (Å²) in [5.41, 5.74) is 5.92. The average molecular weight is 237 g/mol. The molecule has 0 saturated heterocycles. The number of hydrogen-bond donors (Lipinski definition) is 2. The van der Waals surface area contributed by atoms with Gasteiger partial charge in [-0.25, -0.2) is 4.99 Å². The summed E-state index contributed by atoms with van der Waals surface area (Å²) in [6.45, 7) is 6.91. The predicted octanol–water partition coefficient (Wildman–Crippen LogP) is 1.65. The molecule has 0 spiro atoms. The molecule has 3 N–H and O–H groups in total. The van der Waals surface area contributed by atoms with Crippen LogP contribution in [-0.2, 0) is 4.79 Å². The molecular formula is C13H23N3O. The Labute approximate surface area is 103 Å². The second-order valence-corrected chi connectivity index (χ2v) is 6.43. The van der Waals surface area contributed by atoms with Crippen molar-refractivity contribution in [3.8, 4) is 0 Å². The van der Waals surface area contributed by atoms with Gasteiger partial charge < -0.3 is 5.73 Å². The summed E-state index contributed by atoms with van der Waals surface area (Å²) in [6.07, 6.45) is 4.59. The molecule has 2 rings (SSSR count). The fourth-order valence-electron chi connectivity index (χ4n) is 3.06. The van der Waals surface area contributed by atoms with Crippen molar-refractivity contribution < 1.29 is 4.79 Å². The summed E-state index contributed by atoms with van der Waals surface area (Å²) in [4.78, 5) is 15.9. The third kappa shape index (κ3) is 2.61. The van der Waals surface area contributed by atoms with Crippen LogP contribution in [0.1, 0.15) is 46.5 Å². The zero-order valence-electron chi connectivity index (χ0n) is 11.0. The smallest absolute Gasteiger partial charge is 0.251 e. The number of amides is 1. The Hall–Kier alpha value is -1.06. The van der Waals surface area contributed by atoms with E-state index in [-0.39, 0.29) is 17.9 Å². The molecule has 0 aromatic rings. The number of hydrogen-bond acceptors (Lipinski definition) is 3. The third-order valence-electron chi connectivity index (χ3n) is 4.24. The van der Waals surface area contributed by atoms with Crippen LogP contribution in [0.3, 0.4) is 0 Å². The summed E-state index contributed by atoms with van der Waals surface area (Å²) in [5, 5.41) is 2.59. The van der Waals surface area contributed by atoms with E-state index in [1.54, 1.807) is 0 Å². The topological polar surface area (TPSA) is 67.5 Å². The molecule has 1 fully saturated rings. The van der Waals surface area contributed by atoms with Gasteiger partial charge in [0, 0.05) is 0 Å². The molecule has 1 amide bonds. The standard InChI is InChI=1S/C13H23N3O/c1-13(2,3)9-6-4-8(5-7-9)10-11(17)16-12(14)15-10/h8-10H,4-7H2,1-3H3,(H3,14,15,16,17). The van der Waals surface area contributed by atoms with E-state index in [2.05, 4.69) is 31.1 Å². The summed E-state index contributed by atoms with van der Waals surface area (Å²) in [6, 6.07) is -0.226. The maximum atomic E-state index is 11.7. The maximum Gasteiger partial charge on any atom is 0.251 e. The molecule has 1 unspecified atom stereocenters. The first kappa shape index (κ1) is 12.4. The minimum atomic E-state index is -0.226. The van der Waals surface area contributed by atoms with Crippen molar-refractivity contribution in [1.29, 1.82) is 0 Å². The number of carbonyl (C=O) groups excluding carboxylic acids is 1. The number of guanidine groups is 1. The van der Waals surface area contributed by atoms with Gasteiger partial charge in [-0.3, -0.25) is 10.1 Å². The lowest BCUT2D eigenvalue weighted by Crippen LogP contribution is -2.37. The van der Waals surface area contributed by atoms with Crippen molar-refractivity contribution in [3.05, 3.63) is 0 Å². The van der Waals surface area contributed by atoms with Gasteiger partial charge in [-0.2, -0.15) is 0 Å². The molecular weight excluding hydrogens is 214 g/mol.